The van der Waals surface area contributed by atoms with Crippen LogP contribution < -0.4 is 4.74 Å². The smallest absolute Gasteiger partial charge is 0.253 e. The van der Waals surface area contributed by atoms with Crippen LogP contribution in [0, 0.1) is 5.82 Å². The summed E-state index contributed by atoms with van der Waals surface area (Å²) < 4.78 is 18.5. The van der Waals surface area contributed by atoms with Crippen LogP contribution in [0.15, 0.2) is 24.3 Å². The Hall–Kier alpha value is -2.37. The van der Waals surface area contributed by atoms with Gasteiger partial charge < -0.3 is 9.64 Å². The fraction of sp³-hybridized carbons (Fsp3) is 0.474. The van der Waals surface area contributed by atoms with E-state index in [0.717, 1.165) is 24.2 Å². The molecule has 2 heterocycles. The highest BCUT2D eigenvalue weighted by atomic mass is 19.1. The Balaban J connectivity index is 1.64. The molecule has 1 N–H and O–H groups in total. The van der Waals surface area contributed by atoms with Crippen LogP contribution in [0.1, 0.15) is 60.3 Å². The second-order valence-electron chi connectivity index (χ2n) is 6.82. The molecule has 1 aromatic heterocycles. The maximum atomic E-state index is 13.5. The first-order valence-corrected chi connectivity index (χ1v) is 8.67. The predicted molar refractivity (Wildman–Crippen MR) is 93.5 cm³/mol. The lowest BCUT2D eigenvalue weighted by atomic mass is 9.92. The van der Waals surface area contributed by atoms with Crippen molar-refractivity contribution in [3.63, 3.8) is 0 Å². The van der Waals surface area contributed by atoms with Crippen LogP contribution >= 0.6 is 0 Å². The number of piperidine rings is 1. The summed E-state index contributed by atoms with van der Waals surface area (Å²) in [4.78, 5) is 14.5. The summed E-state index contributed by atoms with van der Waals surface area (Å²) in [6.07, 6.45) is 1.79. The number of hydrogen-bond donors (Lipinski definition) is 1. The molecule has 6 heteroatoms. The van der Waals surface area contributed by atoms with Crippen molar-refractivity contribution in [3.8, 4) is 5.75 Å². The molecule has 2 aromatic rings. The first-order valence-electron chi connectivity index (χ1n) is 8.67. The van der Waals surface area contributed by atoms with Crippen molar-refractivity contribution in [2.45, 2.75) is 38.5 Å². The Kier molecular flexibility index (Phi) is 5.06. The van der Waals surface area contributed by atoms with Crippen LogP contribution in [0.3, 0.4) is 0 Å². The van der Waals surface area contributed by atoms with Gasteiger partial charge in [-0.15, -0.1) is 0 Å². The fourth-order valence-corrected chi connectivity index (χ4v) is 3.23. The number of hydrogen-bond acceptors (Lipinski definition) is 3. The Bertz CT molecular complexity index is 749. The molecule has 0 unspecified atom stereocenters. The number of H-pyrrole nitrogens is 1. The minimum absolute atomic E-state index is 0.0794. The average Bonchev–Trinajstić information content (AvgIpc) is 3.12. The highest BCUT2D eigenvalue weighted by Gasteiger charge is 2.26. The zero-order valence-electron chi connectivity index (χ0n) is 14.9. The van der Waals surface area contributed by atoms with Crippen molar-refractivity contribution in [1.82, 2.24) is 15.1 Å². The third-order valence-corrected chi connectivity index (χ3v) is 4.83. The number of carbonyl (C=O) groups is 1. The molecule has 0 bridgehead atoms. The summed E-state index contributed by atoms with van der Waals surface area (Å²) in [5, 5.41) is 7.51. The molecular formula is C19H24FN3O2. The van der Waals surface area contributed by atoms with E-state index in [-0.39, 0.29) is 11.7 Å². The summed E-state index contributed by atoms with van der Waals surface area (Å²) in [6.45, 7) is 5.61. The van der Waals surface area contributed by atoms with Gasteiger partial charge in [0, 0.05) is 30.3 Å². The first kappa shape index (κ1) is 17.5. The van der Waals surface area contributed by atoms with E-state index < -0.39 is 5.82 Å². The summed E-state index contributed by atoms with van der Waals surface area (Å²) in [7, 11) is 1.40. The molecule has 1 amide bonds. The number of ether oxygens (including phenoxy) is 1. The predicted octanol–water partition coefficient (Wildman–Crippen LogP) is 3.70. The van der Waals surface area contributed by atoms with Gasteiger partial charge in [-0.2, -0.15) is 5.10 Å². The number of nitrogens with one attached hydrogen (secondary N) is 1. The maximum Gasteiger partial charge on any atom is 0.253 e. The highest BCUT2D eigenvalue weighted by molar-refractivity contribution is 5.94. The molecule has 0 atom stereocenters. The van der Waals surface area contributed by atoms with Gasteiger partial charge in [0.05, 0.1) is 12.8 Å². The Morgan fingerprint density at radius 2 is 2.04 bits per heavy atom. The zero-order valence-corrected chi connectivity index (χ0v) is 14.9. The van der Waals surface area contributed by atoms with Gasteiger partial charge in [0.25, 0.3) is 5.91 Å². The zero-order chi connectivity index (χ0) is 18.0. The molecule has 0 spiro atoms. The number of methoxy groups -OCH3 is 1. The van der Waals surface area contributed by atoms with Crippen LogP contribution in [0.25, 0.3) is 0 Å². The van der Waals surface area contributed by atoms with Gasteiger partial charge in [0.1, 0.15) is 0 Å². The van der Waals surface area contributed by atoms with Crippen LogP contribution in [-0.2, 0) is 0 Å². The van der Waals surface area contributed by atoms with E-state index in [4.69, 9.17) is 4.74 Å². The summed E-state index contributed by atoms with van der Waals surface area (Å²) in [5.41, 5.74) is 2.69. The lowest BCUT2D eigenvalue weighted by molar-refractivity contribution is 0.0711. The number of amides is 1. The lowest BCUT2D eigenvalue weighted by Gasteiger charge is -2.31. The van der Waals surface area contributed by atoms with Crippen molar-refractivity contribution in [2.24, 2.45) is 0 Å². The Morgan fingerprint density at radius 3 is 2.64 bits per heavy atom. The molecule has 1 aliphatic rings. The molecule has 1 aromatic carbocycles. The van der Waals surface area contributed by atoms with Gasteiger partial charge in [-0.3, -0.25) is 9.89 Å². The molecule has 3 rings (SSSR count). The molecule has 25 heavy (non-hydrogen) atoms. The van der Waals surface area contributed by atoms with E-state index in [1.807, 2.05) is 4.90 Å². The van der Waals surface area contributed by atoms with E-state index >= 15 is 0 Å². The third-order valence-electron chi connectivity index (χ3n) is 4.83. The van der Waals surface area contributed by atoms with Gasteiger partial charge in [-0.25, -0.2) is 4.39 Å². The molecule has 0 aliphatic carbocycles. The van der Waals surface area contributed by atoms with Gasteiger partial charge in [0.2, 0.25) is 0 Å². The van der Waals surface area contributed by atoms with Crippen LogP contribution in [0.5, 0.6) is 5.75 Å². The van der Waals surface area contributed by atoms with Crippen LogP contribution in [-0.4, -0.2) is 41.2 Å². The van der Waals surface area contributed by atoms with E-state index in [1.165, 1.54) is 25.3 Å². The van der Waals surface area contributed by atoms with E-state index in [9.17, 15) is 9.18 Å². The van der Waals surface area contributed by atoms with Gasteiger partial charge >= 0.3 is 0 Å². The normalized spacial score (nSPS) is 15.6. The second-order valence-corrected chi connectivity index (χ2v) is 6.82. The maximum absolute atomic E-state index is 13.5. The van der Waals surface area contributed by atoms with Gasteiger partial charge in [-0.1, -0.05) is 13.8 Å². The Morgan fingerprint density at radius 1 is 1.32 bits per heavy atom. The van der Waals surface area contributed by atoms with Crippen molar-refractivity contribution < 1.29 is 13.9 Å². The molecule has 0 saturated carbocycles. The standard InChI is InChI=1S/C19H24FN3O2/c1-12(2)16-11-17(22-21-16)13-6-8-23(9-7-13)19(24)14-4-5-15(20)18(10-14)25-3/h4-5,10-13H,6-9H2,1-3H3,(H,21,22). The number of aromatic amines is 1. The van der Waals surface area contributed by atoms with Crippen molar-refractivity contribution in [1.29, 1.82) is 0 Å². The molecule has 0 radical (unpaired) electrons. The molecule has 1 fully saturated rings. The number of rotatable bonds is 4. The molecule has 134 valence electrons. The Labute approximate surface area is 147 Å². The monoisotopic (exact) mass is 345 g/mol. The second kappa shape index (κ2) is 7.25. The number of nitrogens with zero attached hydrogens (tertiary/aromatic N) is 2. The molecule has 1 saturated heterocycles. The van der Waals surface area contributed by atoms with Crippen molar-refractivity contribution in [2.75, 3.05) is 20.2 Å². The van der Waals surface area contributed by atoms with Crippen LogP contribution in [0.2, 0.25) is 0 Å². The summed E-state index contributed by atoms with van der Waals surface area (Å²) >= 11 is 0. The minimum Gasteiger partial charge on any atom is -0.494 e. The van der Waals surface area contributed by atoms with Crippen LogP contribution in [0.4, 0.5) is 4.39 Å². The molecule has 5 nitrogen and oxygen atoms in total. The number of benzene rings is 1. The number of likely N-dealkylation sites (tertiary alicyclic amines) is 1. The minimum atomic E-state index is -0.460. The number of carbonyl (C=O) groups excluding carboxylic acids is 1. The average molecular weight is 345 g/mol. The summed E-state index contributed by atoms with van der Waals surface area (Å²) in [6, 6.07) is 6.39. The highest BCUT2D eigenvalue weighted by Crippen LogP contribution is 2.29. The van der Waals surface area contributed by atoms with Crippen molar-refractivity contribution >= 4 is 5.91 Å². The molecule has 1 aliphatic heterocycles. The van der Waals surface area contributed by atoms with E-state index in [1.54, 1.807) is 0 Å². The van der Waals surface area contributed by atoms with Crippen molar-refractivity contribution in [3.05, 3.63) is 47.0 Å². The van der Waals surface area contributed by atoms with E-state index in [2.05, 4.69) is 30.1 Å². The quantitative estimate of drug-likeness (QED) is 0.919. The van der Waals surface area contributed by atoms with Gasteiger partial charge in [-0.05, 0) is 43.0 Å². The SMILES string of the molecule is COc1cc(C(=O)N2CCC(c3cc(C(C)C)n[nH]3)CC2)ccc1F. The van der Waals surface area contributed by atoms with E-state index in [0.29, 0.717) is 30.5 Å². The first-order chi connectivity index (χ1) is 12.0. The summed E-state index contributed by atoms with van der Waals surface area (Å²) in [5.74, 6) is 0.355. The lowest BCUT2D eigenvalue weighted by Crippen LogP contribution is -2.38. The largest absolute Gasteiger partial charge is 0.494 e. The fourth-order valence-electron chi connectivity index (χ4n) is 3.23. The topological polar surface area (TPSA) is 58.2 Å². The number of aromatic nitrogens is 2. The third kappa shape index (κ3) is 3.67. The molecular weight excluding hydrogens is 321 g/mol. The number of halogens is 1. The van der Waals surface area contributed by atoms with Gasteiger partial charge in [0.15, 0.2) is 11.6 Å².